The van der Waals surface area contributed by atoms with Gasteiger partial charge in [0.05, 0.1) is 18.6 Å². The minimum absolute atomic E-state index is 0.0287. The maximum Gasteiger partial charge on any atom is 0.240 e. The molecule has 2 unspecified atom stereocenters. The van der Waals surface area contributed by atoms with E-state index in [1.165, 1.54) is 0 Å². The first-order chi connectivity index (χ1) is 9.20. The van der Waals surface area contributed by atoms with Gasteiger partial charge in [0.1, 0.15) is 0 Å². The van der Waals surface area contributed by atoms with Crippen molar-refractivity contribution in [3.05, 3.63) is 0 Å². The van der Waals surface area contributed by atoms with Crippen LogP contribution >= 0.6 is 0 Å². The number of piperazine rings is 1. The fourth-order valence-electron chi connectivity index (χ4n) is 2.56. The van der Waals surface area contributed by atoms with Gasteiger partial charge in [-0.25, -0.2) is 0 Å². The second kappa shape index (κ2) is 6.86. The van der Waals surface area contributed by atoms with Crippen molar-refractivity contribution < 1.29 is 14.3 Å². The van der Waals surface area contributed by atoms with E-state index in [-0.39, 0.29) is 30.4 Å². The summed E-state index contributed by atoms with van der Waals surface area (Å²) in [5, 5.41) is 5.96. The van der Waals surface area contributed by atoms with Crippen molar-refractivity contribution >= 4 is 11.8 Å². The average Bonchev–Trinajstić information content (AvgIpc) is 2.92. The van der Waals surface area contributed by atoms with Gasteiger partial charge in [-0.15, -0.1) is 0 Å². The van der Waals surface area contributed by atoms with Crippen LogP contribution in [-0.4, -0.2) is 61.6 Å². The lowest BCUT2D eigenvalue weighted by atomic mass is 10.1. The Hall–Kier alpha value is -1.14. The summed E-state index contributed by atoms with van der Waals surface area (Å²) in [5.41, 5.74) is 0. The molecule has 2 rings (SSSR count). The minimum Gasteiger partial charge on any atom is -0.376 e. The molecule has 2 amide bonds. The zero-order valence-electron chi connectivity index (χ0n) is 11.5. The number of hydrogen-bond acceptors (Lipinski definition) is 4. The number of carbonyl (C=O) groups is 2. The molecule has 6 nitrogen and oxygen atoms in total. The molecule has 2 saturated heterocycles. The van der Waals surface area contributed by atoms with Crippen LogP contribution in [0.2, 0.25) is 0 Å². The molecule has 0 aromatic carbocycles. The van der Waals surface area contributed by atoms with Gasteiger partial charge in [-0.05, 0) is 19.8 Å². The van der Waals surface area contributed by atoms with Crippen LogP contribution < -0.4 is 10.6 Å². The molecule has 0 aromatic rings. The molecule has 2 fully saturated rings. The van der Waals surface area contributed by atoms with Crippen LogP contribution in [0.15, 0.2) is 0 Å². The average molecular weight is 269 g/mol. The van der Waals surface area contributed by atoms with E-state index in [0.717, 1.165) is 32.5 Å². The Labute approximate surface area is 113 Å². The van der Waals surface area contributed by atoms with E-state index in [4.69, 9.17) is 4.74 Å². The van der Waals surface area contributed by atoms with Gasteiger partial charge in [-0.1, -0.05) is 0 Å². The first-order valence-corrected chi connectivity index (χ1v) is 7.11. The van der Waals surface area contributed by atoms with Crippen molar-refractivity contribution in [1.82, 2.24) is 15.5 Å². The molecule has 2 atom stereocenters. The Morgan fingerprint density at radius 2 is 2.42 bits per heavy atom. The summed E-state index contributed by atoms with van der Waals surface area (Å²) in [6.07, 6.45) is 2.42. The molecule has 0 bridgehead atoms. The summed E-state index contributed by atoms with van der Waals surface area (Å²) in [6, 6.07) is -0.377. The van der Waals surface area contributed by atoms with Gasteiger partial charge in [0, 0.05) is 32.8 Å². The normalized spacial score (nSPS) is 27.6. The van der Waals surface area contributed by atoms with Crippen molar-refractivity contribution in [2.45, 2.75) is 38.3 Å². The quantitative estimate of drug-likeness (QED) is 0.705. The Bertz CT molecular complexity index is 329. The van der Waals surface area contributed by atoms with Crippen molar-refractivity contribution in [2.24, 2.45) is 0 Å². The molecule has 2 heterocycles. The summed E-state index contributed by atoms with van der Waals surface area (Å²) in [5.74, 6) is -0.0553. The number of rotatable bonds is 5. The van der Waals surface area contributed by atoms with Gasteiger partial charge in [-0.3, -0.25) is 9.59 Å². The molecule has 0 spiro atoms. The van der Waals surface area contributed by atoms with Crippen LogP contribution in [-0.2, 0) is 14.3 Å². The van der Waals surface area contributed by atoms with Gasteiger partial charge in [0.2, 0.25) is 11.8 Å². The van der Waals surface area contributed by atoms with E-state index in [1.54, 1.807) is 4.90 Å². The molecular formula is C13H23N3O3. The lowest BCUT2D eigenvalue weighted by molar-refractivity contribution is -0.138. The molecule has 2 aliphatic rings. The minimum atomic E-state index is -0.377. The molecule has 0 saturated carbocycles. The fourth-order valence-corrected chi connectivity index (χ4v) is 2.56. The van der Waals surface area contributed by atoms with Gasteiger partial charge in [0.25, 0.3) is 0 Å². The highest BCUT2D eigenvalue weighted by Gasteiger charge is 2.29. The van der Waals surface area contributed by atoms with Crippen molar-refractivity contribution in [2.75, 3.05) is 32.8 Å². The molecule has 2 N–H and O–H groups in total. The molecule has 0 radical (unpaired) electrons. The van der Waals surface area contributed by atoms with Gasteiger partial charge in [-0.2, -0.15) is 0 Å². The first-order valence-electron chi connectivity index (χ1n) is 7.11. The molecule has 108 valence electrons. The van der Waals surface area contributed by atoms with Crippen molar-refractivity contribution in [3.63, 3.8) is 0 Å². The Morgan fingerprint density at radius 3 is 3.11 bits per heavy atom. The second-order valence-electron chi connectivity index (χ2n) is 5.07. The third-order valence-corrected chi connectivity index (χ3v) is 3.70. The number of nitrogens with one attached hydrogen (secondary N) is 2. The van der Waals surface area contributed by atoms with Crippen LogP contribution in [0.25, 0.3) is 0 Å². The maximum absolute atomic E-state index is 12.0. The van der Waals surface area contributed by atoms with E-state index >= 15 is 0 Å². The summed E-state index contributed by atoms with van der Waals surface area (Å²) >= 11 is 0. The Morgan fingerprint density at radius 1 is 1.58 bits per heavy atom. The van der Waals surface area contributed by atoms with Gasteiger partial charge in [0.15, 0.2) is 0 Å². The van der Waals surface area contributed by atoms with Crippen LogP contribution in [0.5, 0.6) is 0 Å². The van der Waals surface area contributed by atoms with Gasteiger partial charge < -0.3 is 20.3 Å². The number of ether oxygens (including phenoxy) is 1. The third kappa shape index (κ3) is 3.91. The Kier molecular flexibility index (Phi) is 5.15. The monoisotopic (exact) mass is 269 g/mol. The second-order valence-corrected chi connectivity index (χ2v) is 5.07. The van der Waals surface area contributed by atoms with Crippen LogP contribution in [0, 0.1) is 0 Å². The smallest absolute Gasteiger partial charge is 0.240 e. The van der Waals surface area contributed by atoms with E-state index in [9.17, 15) is 9.59 Å². The van der Waals surface area contributed by atoms with Gasteiger partial charge >= 0.3 is 0 Å². The molecule has 0 aliphatic carbocycles. The fraction of sp³-hybridized carbons (Fsp3) is 0.846. The zero-order chi connectivity index (χ0) is 13.7. The number of carbonyl (C=O) groups excluding carboxylic acids is 2. The van der Waals surface area contributed by atoms with Crippen molar-refractivity contribution in [1.29, 1.82) is 0 Å². The molecule has 0 aromatic heterocycles. The number of amides is 2. The predicted octanol–water partition coefficient (Wildman–Crippen LogP) is -0.508. The van der Waals surface area contributed by atoms with Crippen LogP contribution in [0.1, 0.15) is 26.2 Å². The lowest BCUT2D eigenvalue weighted by Gasteiger charge is -2.32. The number of likely N-dealkylation sites (N-methyl/N-ethyl adjacent to an activating group) is 1. The van der Waals surface area contributed by atoms with Crippen molar-refractivity contribution in [3.8, 4) is 0 Å². The lowest BCUT2D eigenvalue weighted by Crippen LogP contribution is -2.56. The highest BCUT2D eigenvalue weighted by molar-refractivity contribution is 5.88. The highest BCUT2D eigenvalue weighted by atomic mass is 16.5. The van der Waals surface area contributed by atoms with E-state index in [0.29, 0.717) is 13.1 Å². The molecule has 6 heteroatoms. The Balaban J connectivity index is 1.73. The SMILES string of the molecule is CCN1CCNC(CC(=O)NCC2CCCO2)C1=O. The predicted molar refractivity (Wildman–Crippen MR) is 70.6 cm³/mol. The number of hydrogen-bond donors (Lipinski definition) is 2. The highest BCUT2D eigenvalue weighted by Crippen LogP contribution is 2.11. The van der Waals surface area contributed by atoms with Crippen LogP contribution in [0.4, 0.5) is 0 Å². The standard InChI is InChI=1S/C13H23N3O3/c1-2-16-6-5-14-11(13(16)18)8-12(17)15-9-10-4-3-7-19-10/h10-11,14H,2-9H2,1H3,(H,15,17). The summed E-state index contributed by atoms with van der Waals surface area (Å²) in [4.78, 5) is 25.6. The maximum atomic E-state index is 12.0. The largest absolute Gasteiger partial charge is 0.376 e. The van der Waals surface area contributed by atoms with E-state index in [2.05, 4.69) is 10.6 Å². The number of nitrogens with zero attached hydrogens (tertiary/aromatic N) is 1. The third-order valence-electron chi connectivity index (χ3n) is 3.70. The molecule has 2 aliphatic heterocycles. The summed E-state index contributed by atoms with van der Waals surface area (Å²) < 4.78 is 5.44. The first kappa shape index (κ1) is 14.3. The summed E-state index contributed by atoms with van der Waals surface area (Å²) in [6.45, 7) is 5.48. The topological polar surface area (TPSA) is 70.7 Å². The molecular weight excluding hydrogens is 246 g/mol. The van der Waals surface area contributed by atoms with E-state index < -0.39 is 0 Å². The zero-order valence-corrected chi connectivity index (χ0v) is 11.5. The van der Waals surface area contributed by atoms with Crippen LogP contribution in [0.3, 0.4) is 0 Å². The van der Waals surface area contributed by atoms with E-state index in [1.807, 2.05) is 6.92 Å². The molecule has 19 heavy (non-hydrogen) atoms. The summed E-state index contributed by atoms with van der Waals surface area (Å²) in [7, 11) is 0.